The molecule has 0 saturated carbocycles. The summed E-state index contributed by atoms with van der Waals surface area (Å²) in [5, 5.41) is 14.1. The molecule has 1 N–H and O–H groups in total. The second-order valence-corrected chi connectivity index (χ2v) is 4.47. The largest absolute Gasteiger partial charge is 0.390 e. The van der Waals surface area contributed by atoms with Crippen LogP contribution in [0.2, 0.25) is 0 Å². The molecule has 2 aromatic rings. The molecule has 0 aromatic carbocycles. The van der Waals surface area contributed by atoms with Crippen LogP contribution in [0.5, 0.6) is 0 Å². The summed E-state index contributed by atoms with van der Waals surface area (Å²) in [6.45, 7) is 2.86. The third-order valence-corrected chi connectivity index (χ3v) is 3.57. The number of imidazole rings is 1. The van der Waals surface area contributed by atoms with Crippen LogP contribution in [-0.2, 0) is 26.0 Å². The predicted molar refractivity (Wildman–Crippen MR) is 64.4 cm³/mol. The number of hydrogen-bond donors (Lipinski definition) is 1. The first kappa shape index (κ1) is 12.1. The zero-order valence-electron chi connectivity index (χ0n) is 9.87. The van der Waals surface area contributed by atoms with Crippen LogP contribution in [0.4, 0.5) is 0 Å². The van der Waals surface area contributed by atoms with Gasteiger partial charge in [0.25, 0.3) is 0 Å². The van der Waals surface area contributed by atoms with Gasteiger partial charge in [0.05, 0.1) is 24.3 Å². The second kappa shape index (κ2) is 5.33. The maximum Gasteiger partial charge on any atom is 0.168 e. The fourth-order valence-corrected chi connectivity index (χ4v) is 2.42. The van der Waals surface area contributed by atoms with Gasteiger partial charge in [0.2, 0.25) is 0 Å². The Labute approximate surface area is 104 Å². The van der Waals surface area contributed by atoms with Gasteiger partial charge in [-0.15, -0.1) is 0 Å². The molecule has 0 aliphatic heterocycles. The lowest BCUT2D eigenvalue weighted by Gasteiger charge is -2.04. The highest BCUT2D eigenvalue weighted by molar-refractivity contribution is 7.98. The molecule has 0 unspecified atom stereocenters. The van der Waals surface area contributed by atoms with Crippen LogP contribution >= 0.6 is 11.8 Å². The van der Waals surface area contributed by atoms with E-state index in [9.17, 15) is 0 Å². The zero-order valence-corrected chi connectivity index (χ0v) is 10.7. The number of rotatable bonds is 5. The summed E-state index contributed by atoms with van der Waals surface area (Å²) in [6, 6.07) is 0. The van der Waals surface area contributed by atoms with Crippen LogP contribution in [0.15, 0.2) is 17.7 Å². The van der Waals surface area contributed by atoms with Gasteiger partial charge in [-0.25, -0.2) is 14.6 Å². The highest BCUT2D eigenvalue weighted by Gasteiger charge is 2.09. The van der Waals surface area contributed by atoms with E-state index in [0.717, 1.165) is 29.0 Å². The van der Waals surface area contributed by atoms with Crippen molar-refractivity contribution in [3.63, 3.8) is 0 Å². The van der Waals surface area contributed by atoms with Crippen molar-refractivity contribution in [3.8, 4) is 0 Å². The number of nitrogens with zero attached hydrogens (tertiary/aromatic N) is 5. The van der Waals surface area contributed by atoms with Crippen LogP contribution in [0.25, 0.3) is 0 Å². The molecule has 92 valence electrons. The third-order valence-electron chi connectivity index (χ3n) is 2.53. The molecule has 7 heteroatoms. The first-order valence-electron chi connectivity index (χ1n) is 5.37. The van der Waals surface area contributed by atoms with Crippen molar-refractivity contribution in [2.24, 2.45) is 7.05 Å². The van der Waals surface area contributed by atoms with Crippen LogP contribution in [0.3, 0.4) is 0 Å². The summed E-state index contributed by atoms with van der Waals surface area (Å²) in [5.74, 6) is 1.66. The van der Waals surface area contributed by atoms with Crippen molar-refractivity contribution < 1.29 is 5.11 Å². The minimum Gasteiger partial charge on any atom is -0.390 e. The van der Waals surface area contributed by atoms with Crippen molar-refractivity contribution in [1.29, 1.82) is 0 Å². The Kier molecular flexibility index (Phi) is 3.80. The fourth-order valence-electron chi connectivity index (χ4n) is 1.50. The SMILES string of the molecule is CCn1ncnc1CSc1ncc(CO)n1C. The summed E-state index contributed by atoms with van der Waals surface area (Å²) < 4.78 is 3.75. The normalized spacial score (nSPS) is 11.0. The number of aliphatic hydroxyl groups excluding tert-OH is 1. The molecule has 0 saturated heterocycles. The maximum absolute atomic E-state index is 9.07. The van der Waals surface area contributed by atoms with E-state index in [1.807, 2.05) is 23.2 Å². The fraction of sp³-hybridized carbons (Fsp3) is 0.500. The van der Waals surface area contributed by atoms with E-state index in [1.54, 1.807) is 24.3 Å². The molecule has 0 radical (unpaired) electrons. The molecule has 0 bridgehead atoms. The van der Waals surface area contributed by atoms with Crippen molar-refractivity contribution in [3.05, 3.63) is 24.0 Å². The highest BCUT2D eigenvalue weighted by Crippen LogP contribution is 2.20. The topological polar surface area (TPSA) is 68.8 Å². The molecule has 2 rings (SSSR count). The Morgan fingerprint density at radius 2 is 2.24 bits per heavy atom. The van der Waals surface area contributed by atoms with Crippen molar-refractivity contribution in [2.45, 2.75) is 31.0 Å². The van der Waals surface area contributed by atoms with Gasteiger partial charge in [-0.3, -0.25) is 0 Å². The monoisotopic (exact) mass is 253 g/mol. The molecule has 2 aromatic heterocycles. The van der Waals surface area contributed by atoms with Gasteiger partial charge in [-0.05, 0) is 6.92 Å². The van der Waals surface area contributed by atoms with E-state index in [4.69, 9.17) is 5.11 Å². The molecular formula is C10H15N5OS. The number of aromatic nitrogens is 5. The summed E-state index contributed by atoms with van der Waals surface area (Å²) >= 11 is 1.59. The average molecular weight is 253 g/mol. The van der Waals surface area contributed by atoms with Crippen LogP contribution in [-0.4, -0.2) is 29.4 Å². The van der Waals surface area contributed by atoms with Gasteiger partial charge >= 0.3 is 0 Å². The third kappa shape index (κ3) is 2.50. The average Bonchev–Trinajstić information content (AvgIpc) is 2.93. The van der Waals surface area contributed by atoms with Crippen molar-refractivity contribution >= 4 is 11.8 Å². The number of thioether (sulfide) groups is 1. The first-order valence-corrected chi connectivity index (χ1v) is 6.35. The maximum atomic E-state index is 9.07. The molecule has 0 fully saturated rings. The minimum atomic E-state index is 0.00913. The van der Waals surface area contributed by atoms with Gasteiger partial charge in [-0.2, -0.15) is 5.10 Å². The van der Waals surface area contributed by atoms with Crippen LogP contribution < -0.4 is 0 Å². The molecular weight excluding hydrogens is 238 g/mol. The lowest BCUT2D eigenvalue weighted by molar-refractivity contribution is 0.271. The summed E-state index contributed by atoms with van der Waals surface area (Å²) in [5.41, 5.74) is 0.810. The number of aliphatic hydroxyl groups is 1. The van der Waals surface area contributed by atoms with E-state index in [1.165, 1.54) is 0 Å². The minimum absolute atomic E-state index is 0.00913. The Hall–Kier alpha value is -1.34. The van der Waals surface area contributed by atoms with Crippen LogP contribution in [0.1, 0.15) is 18.4 Å². The van der Waals surface area contributed by atoms with E-state index in [-0.39, 0.29) is 6.61 Å². The van der Waals surface area contributed by atoms with Crippen molar-refractivity contribution in [1.82, 2.24) is 24.3 Å². The summed E-state index contributed by atoms with van der Waals surface area (Å²) in [6.07, 6.45) is 3.25. The quantitative estimate of drug-likeness (QED) is 0.799. The zero-order chi connectivity index (χ0) is 12.3. The van der Waals surface area contributed by atoms with Crippen LogP contribution in [0, 0.1) is 0 Å². The van der Waals surface area contributed by atoms with E-state index in [2.05, 4.69) is 15.1 Å². The Bertz CT molecular complexity index is 493. The molecule has 2 heterocycles. The van der Waals surface area contributed by atoms with E-state index >= 15 is 0 Å². The molecule has 17 heavy (non-hydrogen) atoms. The summed E-state index contributed by atoms with van der Waals surface area (Å²) in [4.78, 5) is 8.45. The Balaban J connectivity index is 2.05. The molecule has 0 spiro atoms. The smallest absolute Gasteiger partial charge is 0.168 e. The van der Waals surface area contributed by atoms with Gasteiger partial charge in [0.1, 0.15) is 12.2 Å². The Morgan fingerprint density at radius 1 is 1.41 bits per heavy atom. The van der Waals surface area contributed by atoms with E-state index in [0.29, 0.717) is 0 Å². The van der Waals surface area contributed by atoms with Gasteiger partial charge < -0.3 is 9.67 Å². The number of aryl methyl sites for hydroxylation is 1. The lowest BCUT2D eigenvalue weighted by atomic mass is 10.5. The second-order valence-electron chi connectivity index (χ2n) is 3.53. The molecule has 0 atom stereocenters. The molecule has 6 nitrogen and oxygen atoms in total. The van der Waals surface area contributed by atoms with Gasteiger partial charge in [0.15, 0.2) is 5.16 Å². The molecule has 0 aliphatic rings. The standard InChI is InChI=1S/C10H15N5OS/c1-3-15-9(12-7-13-15)6-17-10-11-4-8(5-16)14(10)2/h4,7,16H,3,5-6H2,1-2H3. The lowest BCUT2D eigenvalue weighted by Crippen LogP contribution is -2.03. The first-order chi connectivity index (χ1) is 8.26. The van der Waals surface area contributed by atoms with Gasteiger partial charge in [-0.1, -0.05) is 11.8 Å². The van der Waals surface area contributed by atoms with E-state index < -0.39 is 0 Å². The molecule has 0 amide bonds. The summed E-state index contributed by atoms with van der Waals surface area (Å²) in [7, 11) is 1.89. The number of hydrogen-bond acceptors (Lipinski definition) is 5. The molecule has 0 aliphatic carbocycles. The van der Waals surface area contributed by atoms with Gasteiger partial charge in [0, 0.05) is 13.6 Å². The van der Waals surface area contributed by atoms with Crippen molar-refractivity contribution in [2.75, 3.05) is 0 Å². The highest BCUT2D eigenvalue weighted by atomic mass is 32.2. The Morgan fingerprint density at radius 3 is 2.88 bits per heavy atom. The predicted octanol–water partition coefficient (Wildman–Crippen LogP) is 0.816.